The predicted octanol–water partition coefficient (Wildman–Crippen LogP) is 16.5. The molecule has 0 aliphatic carbocycles. The molecule has 0 heterocycles. The molecule has 0 bridgehead atoms. The van der Waals surface area contributed by atoms with E-state index in [1.54, 1.807) is 6.08 Å². The van der Waals surface area contributed by atoms with Gasteiger partial charge in [-0.3, -0.25) is 9.36 Å². The second kappa shape index (κ2) is 49.4. The molecule has 9 heteroatoms. The highest BCUT2D eigenvalue weighted by Gasteiger charge is 2.23. The lowest BCUT2D eigenvalue weighted by Crippen LogP contribution is -2.45. The summed E-state index contributed by atoms with van der Waals surface area (Å²) in [6.45, 7) is 4.63. The fourth-order valence-electron chi connectivity index (χ4n) is 8.24. The highest BCUT2D eigenvalue weighted by molar-refractivity contribution is 7.45. The van der Waals surface area contributed by atoms with Gasteiger partial charge < -0.3 is 28.8 Å². The maximum atomic E-state index is 12.9. The molecule has 8 nitrogen and oxygen atoms in total. The second-order valence-corrected chi connectivity index (χ2v) is 22.0. The zero-order valence-electron chi connectivity index (χ0n) is 44.9. The number of amides is 1. The summed E-state index contributed by atoms with van der Waals surface area (Å²) >= 11 is 0. The van der Waals surface area contributed by atoms with Gasteiger partial charge in [0, 0.05) is 6.42 Å². The van der Waals surface area contributed by atoms with Crippen molar-refractivity contribution in [2.75, 3.05) is 40.9 Å². The Balaban J connectivity index is 4.25. The lowest BCUT2D eigenvalue weighted by molar-refractivity contribution is -0.870. The molecule has 0 rings (SSSR count). The largest absolute Gasteiger partial charge is 0.756 e. The van der Waals surface area contributed by atoms with Crippen molar-refractivity contribution in [3.05, 3.63) is 48.6 Å². The molecule has 0 aromatic heterocycles. The molecule has 0 saturated carbocycles. The fourth-order valence-corrected chi connectivity index (χ4v) is 8.96. The van der Waals surface area contributed by atoms with Gasteiger partial charge in [-0.25, -0.2) is 0 Å². The van der Waals surface area contributed by atoms with Crippen molar-refractivity contribution in [2.24, 2.45) is 0 Å². The highest BCUT2D eigenvalue weighted by atomic mass is 31.2. The first-order valence-electron chi connectivity index (χ1n) is 28.5. The van der Waals surface area contributed by atoms with E-state index in [0.717, 1.165) is 64.2 Å². The lowest BCUT2D eigenvalue weighted by Gasteiger charge is -2.29. The Kier molecular flexibility index (Phi) is 48.3. The summed E-state index contributed by atoms with van der Waals surface area (Å²) < 4.78 is 23.3. The van der Waals surface area contributed by atoms with Crippen molar-refractivity contribution < 1.29 is 32.9 Å². The number of phosphoric ester groups is 1. The van der Waals surface area contributed by atoms with Crippen molar-refractivity contribution in [3.8, 4) is 0 Å². The third kappa shape index (κ3) is 52.1. The van der Waals surface area contributed by atoms with Gasteiger partial charge in [-0.1, -0.05) is 236 Å². The summed E-state index contributed by atoms with van der Waals surface area (Å²) in [5.41, 5.74) is 0. The van der Waals surface area contributed by atoms with Crippen LogP contribution >= 0.6 is 7.82 Å². The third-order valence-corrected chi connectivity index (χ3v) is 13.7. The monoisotopic (exact) mass is 963 g/mol. The van der Waals surface area contributed by atoms with Crippen LogP contribution in [0.5, 0.6) is 0 Å². The van der Waals surface area contributed by atoms with Crippen LogP contribution in [0.15, 0.2) is 48.6 Å². The number of allylic oxidation sites excluding steroid dienone is 7. The van der Waals surface area contributed by atoms with E-state index in [1.165, 1.54) is 180 Å². The summed E-state index contributed by atoms with van der Waals surface area (Å²) in [4.78, 5) is 25.4. The topological polar surface area (TPSA) is 108 Å². The number of aliphatic hydroxyl groups is 1. The van der Waals surface area contributed by atoms with Crippen molar-refractivity contribution in [1.29, 1.82) is 0 Å². The van der Waals surface area contributed by atoms with Crippen LogP contribution in [0.2, 0.25) is 0 Å². The van der Waals surface area contributed by atoms with Crippen molar-refractivity contribution in [3.63, 3.8) is 0 Å². The first-order valence-corrected chi connectivity index (χ1v) is 30.0. The average molecular weight is 964 g/mol. The summed E-state index contributed by atoms with van der Waals surface area (Å²) in [7, 11) is 1.23. The number of likely N-dealkylation sites (N-methyl/N-ethyl adjacent to an activating group) is 1. The number of rotatable bonds is 52. The number of carbonyl (C=O) groups excluding carboxylic acids is 1. The van der Waals surface area contributed by atoms with E-state index in [1.807, 2.05) is 27.2 Å². The number of quaternary nitrogens is 1. The van der Waals surface area contributed by atoms with Crippen LogP contribution in [0.3, 0.4) is 0 Å². The van der Waals surface area contributed by atoms with Crippen LogP contribution in [-0.4, -0.2) is 68.5 Å². The summed E-state index contributed by atoms with van der Waals surface area (Å²) in [5, 5.41) is 13.8. The third-order valence-electron chi connectivity index (χ3n) is 12.7. The van der Waals surface area contributed by atoms with E-state index in [-0.39, 0.29) is 12.5 Å². The number of hydrogen-bond acceptors (Lipinski definition) is 6. The molecule has 394 valence electrons. The maximum Gasteiger partial charge on any atom is 0.268 e. The Morgan fingerprint density at radius 2 is 0.836 bits per heavy atom. The molecule has 67 heavy (non-hydrogen) atoms. The van der Waals surface area contributed by atoms with Crippen molar-refractivity contribution >= 4 is 13.7 Å². The zero-order chi connectivity index (χ0) is 49.2. The average Bonchev–Trinajstić information content (AvgIpc) is 3.29. The molecule has 3 unspecified atom stereocenters. The zero-order valence-corrected chi connectivity index (χ0v) is 45.7. The quantitative estimate of drug-likeness (QED) is 0.0272. The molecule has 0 aromatic carbocycles. The van der Waals surface area contributed by atoms with Crippen LogP contribution < -0.4 is 10.2 Å². The van der Waals surface area contributed by atoms with Gasteiger partial charge in [-0.2, -0.15) is 0 Å². The molecule has 0 aliphatic rings. The Bertz CT molecular complexity index is 1230. The Hall–Kier alpha value is -1.54. The number of phosphoric acid groups is 1. The normalized spacial score (nSPS) is 14.3. The number of carbonyl (C=O) groups is 1. The maximum absolute atomic E-state index is 12.9. The van der Waals surface area contributed by atoms with Gasteiger partial charge >= 0.3 is 0 Å². The second-order valence-electron chi connectivity index (χ2n) is 20.6. The predicted molar refractivity (Wildman–Crippen MR) is 288 cm³/mol. The van der Waals surface area contributed by atoms with E-state index in [2.05, 4.69) is 55.6 Å². The first kappa shape index (κ1) is 65.5. The number of nitrogens with one attached hydrogen (secondary N) is 1. The van der Waals surface area contributed by atoms with Gasteiger partial charge in [0.15, 0.2) is 0 Å². The molecule has 0 spiro atoms. The molecule has 1 amide bonds. The van der Waals surface area contributed by atoms with Crippen LogP contribution in [0, 0.1) is 0 Å². The summed E-state index contributed by atoms with van der Waals surface area (Å²) in [6.07, 6.45) is 64.9. The van der Waals surface area contributed by atoms with Crippen molar-refractivity contribution in [1.82, 2.24) is 5.32 Å². The van der Waals surface area contributed by atoms with E-state index >= 15 is 0 Å². The molecular weight excluding hydrogens is 852 g/mol. The summed E-state index contributed by atoms with van der Waals surface area (Å²) in [6, 6.07) is -0.915. The van der Waals surface area contributed by atoms with Gasteiger partial charge in [0.05, 0.1) is 39.9 Å². The number of hydrogen-bond donors (Lipinski definition) is 2. The molecular formula is C58H111N2O6P. The molecule has 0 aliphatic heterocycles. The molecule has 0 saturated heterocycles. The van der Waals surface area contributed by atoms with Crippen LogP contribution in [0.4, 0.5) is 0 Å². The number of nitrogens with zero attached hydrogens (tertiary/aromatic N) is 1. The number of aliphatic hydroxyl groups excluding tert-OH is 1. The van der Waals surface area contributed by atoms with Crippen LogP contribution in [0.25, 0.3) is 0 Å². The standard InChI is InChI=1S/C58H111N2O6P/c1-6-8-10-12-14-16-18-20-22-24-25-26-27-28-29-30-31-32-33-34-35-36-37-39-41-43-45-47-49-51-57(61)56(55-66-67(63,64)65-54-53-60(3,4)5)59-58(62)52-50-48-46-44-42-40-38-23-21-19-17-15-13-11-9-7-2/h23,35-36,38,41,43,49,51,56-57,61H,6-22,24-34,37,39-40,42,44-48,50,52-55H2,1-5H3,(H-,59,62,63,64)/b36-35+,38-23-,43-41+,51-49+. The molecule has 0 radical (unpaired) electrons. The fraction of sp³-hybridized carbons (Fsp3) is 0.845. The van der Waals surface area contributed by atoms with Gasteiger partial charge in [0.25, 0.3) is 7.82 Å². The van der Waals surface area contributed by atoms with Crippen LogP contribution in [-0.2, 0) is 18.4 Å². The lowest BCUT2D eigenvalue weighted by atomic mass is 10.0. The first-order chi connectivity index (χ1) is 32.5. The number of unbranched alkanes of at least 4 members (excludes halogenated alkanes) is 33. The van der Waals surface area contributed by atoms with E-state index in [9.17, 15) is 19.4 Å². The molecule has 2 N–H and O–H groups in total. The SMILES string of the molecule is CCCCCCCCC/C=C\CCCCCCCC(=O)NC(COP(=O)([O-])OCC[N+](C)(C)C)C(O)/C=C/CC/C=C/CC/C=C/CCCCCCCCCCCCCCCCCCCCC. The van der Waals surface area contributed by atoms with Gasteiger partial charge in [-0.15, -0.1) is 0 Å². The molecule has 0 fully saturated rings. The van der Waals surface area contributed by atoms with E-state index in [4.69, 9.17) is 9.05 Å². The van der Waals surface area contributed by atoms with Gasteiger partial charge in [-0.05, 0) is 70.6 Å². The molecule has 3 atom stereocenters. The minimum absolute atomic E-state index is 0.0112. The van der Waals surface area contributed by atoms with Gasteiger partial charge in [0.2, 0.25) is 5.91 Å². The van der Waals surface area contributed by atoms with E-state index in [0.29, 0.717) is 17.4 Å². The summed E-state index contributed by atoms with van der Waals surface area (Å²) in [5.74, 6) is -0.219. The Morgan fingerprint density at radius 1 is 0.507 bits per heavy atom. The van der Waals surface area contributed by atoms with Gasteiger partial charge in [0.1, 0.15) is 13.2 Å². The molecule has 0 aromatic rings. The minimum Gasteiger partial charge on any atom is -0.756 e. The van der Waals surface area contributed by atoms with Crippen molar-refractivity contribution in [2.45, 2.75) is 276 Å². The minimum atomic E-state index is -4.61. The Labute approximate surface area is 416 Å². The Morgan fingerprint density at radius 3 is 1.21 bits per heavy atom. The smallest absolute Gasteiger partial charge is 0.268 e. The van der Waals surface area contributed by atoms with Crippen LogP contribution in [0.1, 0.15) is 264 Å². The highest BCUT2D eigenvalue weighted by Crippen LogP contribution is 2.38. The van der Waals surface area contributed by atoms with E-state index < -0.39 is 26.6 Å².